The maximum atomic E-state index is 3.87. The second kappa shape index (κ2) is 8.26. The van der Waals surface area contributed by atoms with E-state index in [0.29, 0.717) is 0 Å². The highest BCUT2D eigenvalue weighted by atomic mass is 15.2. The van der Waals surface area contributed by atoms with Crippen LogP contribution < -0.4 is 5.32 Å². The first kappa shape index (κ1) is 15.3. The van der Waals surface area contributed by atoms with Crippen LogP contribution in [0.2, 0.25) is 0 Å². The Morgan fingerprint density at radius 1 is 1.00 bits per heavy atom. The topological polar surface area (TPSA) is 15.3 Å². The molecule has 2 heteroatoms. The van der Waals surface area contributed by atoms with Crippen LogP contribution in [0.25, 0.3) is 0 Å². The van der Waals surface area contributed by atoms with E-state index < -0.39 is 0 Å². The maximum absolute atomic E-state index is 3.87. The van der Waals surface area contributed by atoms with Gasteiger partial charge >= 0.3 is 0 Å². The van der Waals surface area contributed by atoms with E-state index in [-0.39, 0.29) is 0 Å². The molecule has 2 aliphatic rings. The molecule has 1 N–H and O–H groups in total. The molecule has 0 aromatic heterocycles. The third kappa shape index (κ3) is 5.07. The summed E-state index contributed by atoms with van der Waals surface area (Å²) in [4.78, 5) is 2.78. The van der Waals surface area contributed by atoms with Crippen molar-refractivity contribution >= 4 is 0 Å². The van der Waals surface area contributed by atoms with E-state index in [1.54, 1.807) is 0 Å². The number of nitrogens with zero attached hydrogens (tertiary/aromatic N) is 1. The van der Waals surface area contributed by atoms with Gasteiger partial charge in [-0.3, -0.25) is 4.90 Å². The molecular weight excluding hydrogens is 232 g/mol. The fourth-order valence-corrected chi connectivity index (χ4v) is 3.65. The molecule has 0 aromatic rings. The molecule has 0 radical (unpaired) electrons. The predicted octanol–water partition coefficient (Wildman–Crippen LogP) is 3.81. The average molecular weight is 266 g/mol. The molecule has 2 saturated carbocycles. The van der Waals surface area contributed by atoms with Crippen LogP contribution in [-0.2, 0) is 0 Å². The first-order valence-electron chi connectivity index (χ1n) is 8.82. The number of nitrogens with one attached hydrogen (secondary N) is 1. The summed E-state index contributed by atoms with van der Waals surface area (Å²) in [5, 5.41) is 3.87. The molecule has 2 aliphatic carbocycles. The third-order valence-electron chi connectivity index (χ3n) is 4.88. The lowest BCUT2D eigenvalue weighted by Gasteiger charge is -2.35. The molecule has 1 unspecified atom stereocenters. The lowest BCUT2D eigenvalue weighted by Crippen LogP contribution is -2.47. The van der Waals surface area contributed by atoms with E-state index in [0.717, 1.165) is 18.0 Å². The summed E-state index contributed by atoms with van der Waals surface area (Å²) in [5.41, 5.74) is 0. The van der Waals surface area contributed by atoms with Crippen LogP contribution in [0, 0.1) is 5.92 Å². The summed E-state index contributed by atoms with van der Waals surface area (Å²) in [6, 6.07) is 1.68. The van der Waals surface area contributed by atoms with Gasteiger partial charge in [0.05, 0.1) is 0 Å². The first-order valence-corrected chi connectivity index (χ1v) is 8.82. The molecule has 19 heavy (non-hydrogen) atoms. The SMILES string of the molecule is CCCNC(CN(CCC)C1CC1)C1CCCCC1. The lowest BCUT2D eigenvalue weighted by atomic mass is 9.83. The van der Waals surface area contributed by atoms with Crippen molar-refractivity contribution < 1.29 is 0 Å². The molecule has 2 rings (SSSR count). The molecule has 0 heterocycles. The van der Waals surface area contributed by atoms with Gasteiger partial charge in [-0.05, 0) is 57.5 Å². The highest BCUT2D eigenvalue weighted by Crippen LogP contribution is 2.31. The van der Waals surface area contributed by atoms with E-state index in [2.05, 4.69) is 24.1 Å². The van der Waals surface area contributed by atoms with Crippen LogP contribution in [0.5, 0.6) is 0 Å². The Bertz CT molecular complexity index is 231. The molecule has 0 saturated heterocycles. The van der Waals surface area contributed by atoms with Crippen molar-refractivity contribution in [2.45, 2.75) is 83.7 Å². The van der Waals surface area contributed by atoms with Gasteiger partial charge < -0.3 is 5.32 Å². The van der Waals surface area contributed by atoms with E-state index >= 15 is 0 Å². The molecule has 0 aromatic carbocycles. The molecule has 1 atom stereocenters. The minimum Gasteiger partial charge on any atom is -0.312 e. The Morgan fingerprint density at radius 3 is 2.32 bits per heavy atom. The highest BCUT2D eigenvalue weighted by Gasteiger charge is 2.32. The first-order chi connectivity index (χ1) is 9.35. The molecule has 0 amide bonds. The molecule has 0 bridgehead atoms. The largest absolute Gasteiger partial charge is 0.312 e. The van der Waals surface area contributed by atoms with Gasteiger partial charge in [0, 0.05) is 18.6 Å². The van der Waals surface area contributed by atoms with Gasteiger partial charge in [-0.25, -0.2) is 0 Å². The van der Waals surface area contributed by atoms with Crippen LogP contribution in [0.1, 0.15) is 71.6 Å². The van der Waals surface area contributed by atoms with E-state index in [1.807, 2.05) is 0 Å². The van der Waals surface area contributed by atoms with Crippen molar-refractivity contribution in [3.05, 3.63) is 0 Å². The summed E-state index contributed by atoms with van der Waals surface area (Å²) in [7, 11) is 0. The van der Waals surface area contributed by atoms with Crippen LogP contribution in [0.3, 0.4) is 0 Å². The maximum Gasteiger partial charge on any atom is 0.0223 e. The van der Waals surface area contributed by atoms with Crippen molar-refractivity contribution in [3.63, 3.8) is 0 Å². The molecule has 2 nitrogen and oxygen atoms in total. The summed E-state index contributed by atoms with van der Waals surface area (Å²) in [6.45, 7) is 8.43. The zero-order valence-electron chi connectivity index (χ0n) is 13.2. The molecule has 0 aliphatic heterocycles. The lowest BCUT2D eigenvalue weighted by molar-refractivity contribution is 0.177. The van der Waals surface area contributed by atoms with Gasteiger partial charge in [-0.2, -0.15) is 0 Å². The van der Waals surface area contributed by atoms with Crippen LogP contribution in [0.4, 0.5) is 0 Å². The van der Waals surface area contributed by atoms with Crippen molar-refractivity contribution in [1.29, 1.82) is 0 Å². The van der Waals surface area contributed by atoms with E-state index in [1.165, 1.54) is 77.4 Å². The average Bonchev–Trinajstić information content (AvgIpc) is 3.28. The summed E-state index contributed by atoms with van der Waals surface area (Å²) in [5.74, 6) is 0.943. The molecular formula is C17H34N2. The fourth-order valence-electron chi connectivity index (χ4n) is 3.65. The Morgan fingerprint density at radius 2 is 1.74 bits per heavy atom. The number of hydrogen-bond acceptors (Lipinski definition) is 2. The van der Waals surface area contributed by atoms with Crippen LogP contribution in [-0.4, -0.2) is 36.6 Å². The Hall–Kier alpha value is -0.0800. The second-order valence-electron chi connectivity index (χ2n) is 6.68. The molecule has 2 fully saturated rings. The van der Waals surface area contributed by atoms with Crippen molar-refractivity contribution in [3.8, 4) is 0 Å². The Kier molecular flexibility index (Phi) is 6.66. The number of hydrogen-bond donors (Lipinski definition) is 1. The Labute approximate surface area is 120 Å². The van der Waals surface area contributed by atoms with Gasteiger partial charge in [-0.15, -0.1) is 0 Å². The predicted molar refractivity (Wildman–Crippen MR) is 83.5 cm³/mol. The van der Waals surface area contributed by atoms with Gasteiger partial charge in [0.15, 0.2) is 0 Å². The third-order valence-corrected chi connectivity index (χ3v) is 4.88. The zero-order valence-corrected chi connectivity index (χ0v) is 13.2. The molecule has 112 valence electrons. The summed E-state index contributed by atoms with van der Waals surface area (Å²) in [6.07, 6.45) is 12.8. The van der Waals surface area contributed by atoms with Gasteiger partial charge in [-0.1, -0.05) is 33.1 Å². The molecule has 0 spiro atoms. The van der Waals surface area contributed by atoms with Gasteiger partial charge in [0.25, 0.3) is 0 Å². The highest BCUT2D eigenvalue weighted by molar-refractivity contribution is 4.89. The monoisotopic (exact) mass is 266 g/mol. The van der Waals surface area contributed by atoms with E-state index in [9.17, 15) is 0 Å². The van der Waals surface area contributed by atoms with Gasteiger partial charge in [0.1, 0.15) is 0 Å². The Balaban J connectivity index is 1.86. The van der Waals surface area contributed by atoms with Crippen molar-refractivity contribution in [1.82, 2.24) is 10.2 Å². The standard InChI is InChI=1S/C17H34N2/c1-3-12-18-17(15-8-6-5-7-9-15)14-19(13-4-2)16-10-11-16/h15-18H,3-14H2,1-2H3. The smallest absolute Gasteiger partial charge is 0.0223 e. The fraction of sp³-hybridized carbons (Fsp3) is 1.00. The van der Waals surface area contributed by atoms with Crippen LogP contribution in [0.15, 0.2) is 0 Å². The quantitative estimate of drug-likeness (QED) is 0.683. The van der Waals surface area contributed by atoms with Crippen LogP contribution >= 0.6 is 0 Å². The normalized spacial score (nSPS) is 22.9. The van der Waals surface area contributed by atoms with E-state index in [4.69, 9.17) is 0 Å². The number of rotatable bonds is 9. The minimum atomic E-state index is 0.757. The van der Waals surface area contributed by atoms with Crippen molar-refractivity contribution in [2.75, 3.05) is 19.6 Å². The zero-order chi connectivity index (χ0) is 13.5. The minimum absolute atomic E-state index is 0.757. The second-order valence-corrected chi connectivity index (χ2v) is 6.68. The summed E-state index contributed by atoms with van der Waals surface area (Å²) < 4.78 is 0. The summed E-state index contributed by atoms with van der Waals surface area (Å²) >= 11 is 0. The van der Waals surface area contributed by atoms with Gasteiger partial charge in [0.2, 0.25) is 0 Å². The van der Waals surface area contributed by atoms with Crippen molar-refractivity contribution in [2.24, 2.45) is 5.92 Å².